The summed E-state index contributed by atoms with van der Waals surface area (Å²) in [7, 11) is 1.92. The first-order valence-electron chi connectivity index (χ1n) is 7.01. The normalized spacial score (nSPS) is 21.8. The average molecular weight is 335 g/mol. The Morgan fingerprint density at radius 3 is 3.00 bits per heavy atom. The molecule has 3 nitrogen and oxygen atoms in total. The number of rotatable bonds is 3. The van der Waals surface area contributed by atoms with E-state index in [4.69, 9.17) is 0 Å². The second-order valence-corrected chi connectivity index (χ2v) is 6.75. The molecule has 3 rings (SSSR count). The molecule has 1 aromatic carbocycles. The van der Waals surface area contributed by atoms with Crippen molar-refractivity contribution in [1.29, 1.82) is 0 Å². The van der Waals surface area contributed by atoms with E-state index in [-0.39, 0.29) is 0 Å². The molecule has 4 heteroatoms. The van der Waals surface area contributed by atoms with E-state index in [1.54, 1.807) is 0 Å². The van der Waals surface area contributed by atoms with Crippen molar-refractivity contribution in [2.75, 3.05) is 0 Å². The first kappa shape index (κ1) is 13.8. The smallest absolute Gasteiger partial charge is 0.0694 e. The molecule has 2 aromatic rings. The number of hydrogen-bond donors (Lipinski definition) is 1. The van der Waals surface area contributed by atoms with Gasteiger partial charge in [-0.25, -0.2) is 0 Å². The Hall–Kier alpha value is -1.13. The summed E-state index contributed by atoms with van der Waals surface area (Å²) in [5.74, 6) is 0. The quantitative estimate of drug-likeness (QED) is 0.936. The number of halogens is 1. The van der Waals surface area contributed by atoms with Gasteiger partial charge in [-0.2, -0.15) is 5.10 Å². The molecule has 1 N–H and O–H groups in total. The van der Waals surface area contributed by atoms with Crippen molar-refractivity contribution in [2.24, 2.45) is 7.05 Å². The summed E-state index contributed by atoms with van der Waals surface area (Å²) >= 11 is 3.51. The Kier molecular flexibility index (Phi) is 3.69. The lowest BCUT2D eigenvalue weighted by atomic mass is 9.78. The van der Waals surface area contributed by atoms with Crippen molar-refractivity contribution >= 4 is 15.9 Å². The Morgan fingerprint density at radius 1 is 1.40 bits per heavy atom. The van der Waals surface area contributed by atoms with Gasteiger partial charge in [-0.05, 0) is 54.5 Å². The summed E-state index contributed by atoms with van der Waals surface area (Å²) in [4.78, 5) is 0. The van der Waals surface area contributed by atoms with Crippen LogP contribution in [0.5, 0.6) is 0 Å². The van der Waals surface area contributed by atoms with E-state index in [1.165, 1.54) is 16.7 Å². The van der Waals surface area contributed by atoms with Gasteiger partial charge in [0.1, 0.15) is 0 Å². The van der Waals surface area contributed by atoms with Gasteiger partial charge < -0.3 is 5.11 Å². The molecule has 1 heterocycles. The van der Waals surface area contributed by atoms with Gasteiger partial charge >= 0.3 is 0 Å². The molecule has 0 fully saturated rings. The van der Waals surface area contributed by atoms with Crippen LogP contribution in [-0.2, 0) is 26.3 Å². The molecule has 1 atom stereocenters. The predicted octanol–water partition coefficient (Wildman–Crippen LogP) is 3.04. The molecule has 106 valence electrons. The lowest BCUT2D eigenvalue weighted by Gasteiger charge is -2.33. The van der Waals surface area contributed by atoms with Gasteiger partial charge in [0.25, 0.3) is 0 Å². The number of nitrogens with zero attached hydrogens (tertiary/aromatic N) is 2. The molecule has 1 unspecified atom stereocenters. The Balaban J connectivity index is 1.69. The van der Waals surface area contributed by atoms with Gasteiger partial charge in [0.15, 0.2) is 0 Å². The summed E-state index contributed by atoms with van der Waals surface area (Å²) in [5.41, 5.74) is 3.28. The lowest BCUT2D eigenvalue weighted by molar-refractivity contribution is 0.0182. The largest absolute Gasteiger partial charge is 0.390 e. The third kappa shape index (κ3) is 2.96. The Bertz CT molecular complexity index is 623. The van der Waals surface area contributed by atoms with Crippen LogP contribution >= 0.6 is 15.9 Å². The minimum Gasteiger partial charge on any atom is -0.390 e. The van der Waals surface area contributed by atoms with Crippen LogP contribution in [-0.4, -0.2) is 20.5 Å². The van der Waals surface area contributed by atoms with E-state index in [2.05, 4.69) is 39.2 Å². The number of aryl methyl sites for hydroxylation is 3. The highest BCUT2D eigenvalue weighted by atomic mass is 79.9. The summed E-state index contributed by atoms with van der Waals surface area (Å²) in [6, 6.07) is 6.37. The zero-order valence-electron chi connectivity index (χ0n) is 11.6. The van der Waals surface area contributed by atoms with Crippen LogP contribution in [0.3, 0.4) is 0 Å². The maximum Gasteiger partial charge on any atom is 0.0694 e. The van der Waals surface area contributed by atoms with E-state index in [0.717, 1.165) is 36.6 Å². The average Bonchev–Trinajstić information content (AvgIpc) is 2.83. The molecule has 1 aromatic heterocycles. The van der Waals surface area contributed by atoms with Crippen LogP contribution < -0.4 is 0 Å². The lowest BCUT2D eigenvalue weighted by Crippen LogP contribution is -2.36. The molecule has 20 heavy (non-hydrogen) atoms. The van der Waals surface area contributed by atoms with Crippen LogP contribution in [0.15, 0.2) is 35.1 Å². The van der Waals surface area contributed by atoms with Gasteiger partial charge in [0, 0.05) is 24.1 Å². The van der Waals surface area contributed by atoms with Crippen LogP contribution in [0.25, 0.3) is 0 Å². The van der Waals surface area contributed by atoms with Gasteiger partial charge in [0.05, 0.1) is 11.8 Å². The van der Waals surface area contributed by atoms with Crippen molar-refractivity contribution in [1.82, 2.24) is 9.78 Å². The molecule has 0 radical (unpaired) electrons. The minimum atomic E-state index is -0.573. The van der Waals surface area contributed by atoms with E-state index in [9.17, 15) is 5.11 Å². The summed E-state index contributed by atoms with van der Waals surface area (Å²) in [6.45, 7) is 0. The summed E-state index contributed by atoms with van der Waals surface area (Å²) in [5, 5.41) is 15.0. The monoisotopic (exact) mass is 334 g/mol. The van der Waals surface area contributed by atoms with E-state index >= 15 is 0 Å². The molecule has 0 saturated heterocycles. The molecule has 0 aliphatic heterocycles. The van der Waals surface area contributed by atoms with Crippen molar-refractivity contribution < 1.29 is 5.11 Å². The van der Waals surface area contributed by atoms with Gasteiger partial charge in [0.2, 0.25) is 0 Å². The van der Waals surface area contributed by atoms with Crippen molar-refractivity contribution in [3.05, 3.63) is 51.8 Å². The highest BCUT2D eigenvalue weighted by molar-refractivity contribution is 9.10. The first-order chi connectivity index (χ1) is 9.54. The van der Waals surface area contributed by atoms with Crippen molar-refractivity contribution in [3.63, 3.8) is 0 Å². The first-order valence-corrected chi connectivity index (χ1v) is 7.81. The SMILES string of the molecule is Cn1cc(CCC2(O)CCc3cc(Br)ccc3C2)cn1. The summed E-state index contributed by atoms with van der Waals surface area (Å²) < 4.78 is 2.93. The maximum absolute atomic E-state index is 10.8. The molecule has 0 spiro atoms. The van der Waals surface area contributed by atoms with Crippen molar-refractivity contribution in [2.45, 2.75) is 37.7 Å². The van der Waals surface area contributed by atoms with E-state index in [0.29, 0.717) is 0 Å². The molecule has 0 saturated carbocycles. The van der Waals surface area contributed by atoms with Crippen LogP contribution in [0.1, 0.15) is 29.5 Å². The highest BCUT2D eigenvalue weighted by Gasteiger charge is 2.31. The van der Waals surface area contributed by atoms with E-state index in [1.807, 2.05) is 24.1 Å². The Morgan fingerprint density at radius 2 is 2.25 bits per heavy atom. The summed E-state index contributed by atoms with van der Waals surface area (Å²) in [6.07, 6.45) is 8.16. The van der Waals surface area contributed by atoms with Gasteiger partial charge in [-0.1, -0.05) is 22.0 Å². The fourth-order valence-electron chi connectivity index (χ4n) is 3.00. The maximum atomic E-state index is 10.8. The second-order valence-electron chi connectivity index (χ2n) is 5.84. The van der Waals surface area contributed by atoms with Crippen LogP contribution in [0.4, 0.5) is 0 Å². The zero-order chi connectivity index (χ0) is 14.2. The predicted molar refractivity (Wildman–Crippen MR) is 82.6 cm³/mol. The number of aromatic nitrogens is 2. The van der Waals surface area contributed by atoms with E-state index < -0.39 is 5.60 Å². The highest BCUT2D eigenvalue weighted by Crippen LogP contribution is 2.33. The second kappa shape index (κ2) is 5.34. The molecule has 0 amide bonds. The number of benzene rings is 1. The third-order valence-electron chi connectivity index (χ3n) is 4.18. The molecular weight excluding hydrogens is 316 g/mol. The van der Waals surface area contributed by atoms with Crippen molar-refractivity contribution in [3.8, 4) is 0 Å². The molecular formula is C16H19BrN2O. The number of fused-ring (bicyclic) bond motifs is 1. The topological polar surface area (TPSA) is 38.0 Å². The fourth-order valence-corrected chi connectivity index (χ4v) is 3.41. The third-order valence-corrected chi connectivity index (χ3v) is 4.68. The zero-order valence-corrected chi connectivity index (χ0v) is 13.2. The Labute approximate surface area is 127 Å². The number of hydrogen-bond acceptors (Lipinski definition) is 2. The standard InChI is InChI=1S/C16H19BrN2O/c1-19-11-12(10-18-19)4-6-16(20)7-5-13-8-15(17)3-2-14(13)9-16/h2-3,8,10-11,20H,4-7,9H2,1H3. The fraction of sp³-hybridized carbons (Fsp3) is 0.438. The molecule has 1 aliphatic rings. The van der Waals surface area contributed by atoms with Crippen LogP contribution in [0, 0.1) is 0 Å². The minimum absolute atomic E-state index is 0.573. The van der Waals surface area contributed by atoms with Gasteiger partial charge in [-0.3, -0.25) is 4.68 Å². The molecule has 0 bridgehead atoms. The molecule has 1 aliphatic carbocycles. The number of aliphatic hydroxyl groups is 1. The van der Waals surface area contributed by atoms with Gasteiger partial charge in [-0.15, -0.1) is 0 Å². The van der Waals surface area contributed by atoms with Crippen LogP contribution in [0.2, 0.25) is 0 Å².